The number of pyridine rings is 1. The summed E-state index contributed by atoms with van der Waals surface area (Å²) in [6.07, 6.45) is 1.63. The predicted octanol–water partition coefficient (Wildman–Crippen LogP) is 2.51. The van der Waals surface area contributed by atoms with Gasteiger partial charge in [0.15, 0.2) is 11.5 Å². The Hall–Kier alpha value is -3.16. The van der Waals surface area contributed by atoms with Gasteiger partial charge in [-0.05, 0) is 36.2 Å². The molecule has 0 fully saturated rings. The molecule has 0 saturated carbocycles. The summed E-state index contributed by atoms with van der Waals surface area (Å²) in [5.74, 6) is 2.15. The van der Waals surface area contributed by atoms with Crippen LogP contribution in [0.4, 0.5) is 4.79 Å². The lowest BCUT2D eigenvalue weighted by Gasteiger charge is -2.15. The molecule has 146 valence electrons. The van der Waals surface area contributed by atoms with E-state index in [0.717, 1.165) is 11.1 Å². The Morgan fingerprint density at radius 3 is 2.15 bits per heavy atom. The number of rotatable bonds is 9. The monoisotopic (exact) mass is 375 g/mol. The highest BCUT2D eigenvalue weighted by Crippen LogP contribution is 2.38. The van der Waals surface area contributed by atoms with E-state index in [4.69, 9.17) is 18.9 Å². The summed E-state index contributed by atoms with van der Waals surface area (Å²) in [7, 11) is 4.67. The maximum atomic E-state index is 12.1. The van der Waals surface area contributed by atoms with Crippen molar-refractivity contribution in [1.29, 1.82) is 0 Å². The smallest absolute Gasteiger partial charge is 0.315 e. The van der Waals surface area contributed by atoms with Gasteiger partial charge in [0.1, 0.15) is 0 Å². The van der Waals surface area contributed by atoms with Crippen LogP contribution in [0, 0.1) is 0 Å². The average molecular weight is 375 g/mol. The zero-order chi connectivity index (χ0) is 19.6. The van der Waals surface area contributed by atoms with Crippen LogP contribution in [-0.2, 0) is 13.1 Å². The van der Waals surface area contributed by atoms with Gasteiger partial charge in [0, 0.05) is 25.4 Å². The number of methoxy groups -OCH3 is 3. The molecule has 0 radical (unpaired) electrons. The van der Waals surface area contributed by atoms with Crippen molar-refractivity contribution in [2.24, 2.45) is 0 Å². The van der Waals surface area contributed by atoms with Crippen LogP contribution in [0.15, 0.2) is 30.5 Å². The highest BCUT2D eigenvalue weighted by atomic mass is 16.5. The maximum absolute atomic E-state index is 12.1. The minimum Gasteiger partial charge on any atom is -0.493 e. The van der Waals surface area contributed by atoms with E-state index in [1.807, 2.05) is 25.1 Å². The molecule has 0 unspecified atom stereocenters. The first kappa shape index (κ1) is 20.2. The molecular formula is C19H25N3O5. The lowest BCUT2D eigenvalue weighted by Crippen LogP contribution is -2.34. The van der Waals surface area contributed by atoms with Gasteiger partial charge in [0.25, 0.3) is 0 Å². The predicted molar refractivity (Wildman–Crippen MR) is 101 cm³/mol. The fourth-order valence-corrected chi connectivity index (χ4v) is 2.42. The first-order chi connectivity index (χ1) is 13.1. The molecule has 1 aromatic carbocycles. The summed E-state index contributed by atoms with van der Waals surface area (Å²) in [5, 5.41) is 5.59. The number of benzene rings is 1. The fourth-order valence-electron chi connectivity index (χ4n) is 2.42. The van der Waals surface area contributed by atoms with Crippen LogP contribution in [0.25, 0.3) is 0 Å². The van der Waals surface area contributed by atoms with Gasteiger partial charge in [0.2, 0.25) is 11.6 Å². The number of hydrogen-bond donors (Lipinski definition) is 2. The SMILES string of the molecule is CCOc1c(OC)cc(CNC(=O)NCc2ccnc(OC)c2)cc1OC. The fraction of sp³-hybridized carbons (Fsp3) is 0.368. The Bertz CT molecular complexity index is 742. The summed E-state index contributed by atoms with van der Waals surface area (Å²) in [6.45, 7) is 3.05. The zero-order valence-corrected chi connectivity index (χ0v) is 16.0. The molecule has 0 atom stereocenters. The number of aromatic nitrogens is 1. The second-order valence-electron chi connectivity index (χ2n) is 5.51. The molecule has 0 bridgehead atoms. The summed E-state index contributed by atoms with van der Waals surface area (Å²) in [4.78, 5) is 16.1. The van der Waals surface area contributed by atoms with E-state index in [0.29, 0.717) is 42.8 Å². The van der Waals surface area contributed by atoms with E-state index in [1.54, 1.807) is 33.6 Å². The lowest BCUT2D eigenvalue weighted by molar-refractivity contribution is 0.240. The third-order valence-electron chi connectivity index (χ3n) is 3.72. The number of hydrogen-bond acceptors (Lipinski definition) is 6. The quantitative estimate of drug-likeness (QED) is 0.700. The Morgan fingerprint density at radius 1 is 0.963 bits per heavy atom. The number of carbonyl (C=O) groups is 1. The number of urea groups is 1. The summed E-state index contributed by atoms with van der Waals surface area (Å²) < 4.78 is 21.4. The molecule has 8 nitrogen and oxygen atoms in total. The number of ether oxygens (including phenoxy) is 4. The average Bonchev–Trinajstić information content (AvgIpc) is 2.71. The van der Waals surface area contributed by atoms with E-state index in [-0.39, 0.29) is 6.03 Å². The molecule has 0 aliphatic rings. The summed E-state index contributed by atoms with van der Waals surface area (Å²) in [5.41, 5.74) is 1.72. The molecule has 2 amide bonds. The van der Waals surface area contributed by atoms with Crippen molar-refractivity contribution >= 4 is 6.03 Å². The second kappa shape index (κ2) is 10.1. The van der Waals surface area contributed by atoms with E-state index in [1.165, 1.54) is 0 Å². The Kier molecular flexibility index (Phi) is 7.54. The maximum Gasteiger partial charge on any atom is 0.315 e. The van der Waals surface area contributed by atoms with Gasteiger partial charge in [-0.1, -0.05) is 0 Å². The largest absolute Gasteiger partial charge is 0.493 e. The second-order valence-corrected chi connectivity index (χ2v) is 5.51. The molecule has 1 aromatic heterocycles. The van der Waals surface area contributed by atoms with E-state index >= 15 is 0 Å². The molecule has 0 spiro atoms. The molecule has 1 heterocycles. The van der Waals surface area contributed by atoms with Crippen molar-refractivity contribution in [3.05, 3.63) is 41.6 Å². The van der Waals surface area contributed by atoms with Gasteiger partial charge in [0.05, 0.1) is 27.9 Å². The molecule has 0 aliphatic carbocycles. The molecule has 2 aromatic rings. The lowest BCUT2D eigenvalue weighted by atomic mass is 10.2. The van der Waals surface area contributed by atoms with Crippen LogP contribution in [0.3, 0.4) is 0 Å². The number of amides is 2. The highest BCUT2D eigenvalue weighted by molar-refractivity contribution is 5.74. The van der Waals surface area contributed by atoms with Crippen LogP contribution in [-0.4, -0.2) is 39.0 Å². The third kappa shape index (κ3) is 5.67. The number of nitrogens with one attached hydrogen (secondary N) is 2. The Balaban J connectivity index is 1.95. The first-order valence-corrected chi connectivity index (χ1v) is 8.49. The van der Waals surface area contributed by atoms with Crippen molar-refractivity contribution in [3.8, 4) is 23.1 Å². The third-order valence-corrected chi connectivity index (χ3v) is 3.72. The van der Waals surface area contributed by atoms with Gasteiger partial charge < -0.3 is 29.6 Å². The van der Waals surface area contributed by atoms with Gasteiger partial charge in [-0.2, -0.15) is 0 Å². The highest BCUT2D eigenvalue weighted by Gasteiger charge is 2.14. The van der Waals surface area contributed by atoms with Gasteiger partial charge in [-0.15, -0.1) is 0 Å². The zero-order valence-electron chi connectivity index (χ0n) is 16.0. The van der Waals surface area contributed by atoms with E-state index < -0.39 is 0 Å². The Morgan fingerprint density at radius 2 is 1.59 bits per heavy atom. The van der Waals surface area contributed by atoms with Gasteiger partial charge in [-0.3, -0.25) is 0 Å². The molecule has 27 heavy (non-hydrogen) atoms. The van der Waals surface area contributed by atoms with E-state index in [9.17, 15) is 4.79 Å². The van der Waals surface area contributed by atoms with Crippen LogP contribution in [0.5, 0.6) is 23.1 Å². The minimum atomic E-state index is -0.294. The standard InChI is InChI=1S/C19H25N3O5/c1-5-27-18-15(24-2)8-14(9-16(18)25-3)12-22-19(23)21-11-13-6-7-20-17(10-13)26-4/h6-10H,5,11-12H2,1-4H3,(H2,21,22,23). The molecule has 2 N–H and O–H groups in total. The van der Waals surface area contributed by atoms with Gasteiger partial charge >= 0.3 is 6.03 Å². The van der Waals surface area contributed by atoms with Crippen molar-refractivity contribution in [3.63, 3.8) is 0 Å². The molecule has 2 rings (SSSR count). The van der Waals surface area contributed by atoms with Crippen molar-refractivity contribution in [2.45, 2.75) is 20.0 Å². The van der Waals surface area contributed by atoms with Gasteiger partial charge in [-0.25, -0.2) is 9.78 Å². The van der Waals surface area contributed by atoms with Crippen molar-refractivity contribution < 1.29 is 23.7 Å². The normalized spacial score (nSPS) is 10.1. The first-order valence-electron chi connectivity index (χ1n) is 8.49. The summed E-state index contributed by atoms with van der Waals surface area (Å²) >= 11 is 0. The minimum absolute atomic E-state index is 0.294. The topological polar surface area (TPSA) is 90.9 Å². The molecular weight excluding hydrogens is 350 g/mol. The van der Waals surface area contributed by atoms with Crippen LogP contribution in [0.2, 0.25) is 0 Å². The van der Waals surface area contributed by atoms with Crippen molar-refractivity contribution in [2.75, 3.05) is 27.9 Å². The molecule has 0 saturated heterocycles. The van der Waals surface area contributed by atoms with E-state index in [2.05, 4.69) is 15.6 Å². The van der Waals surface area contributed by atoms with Crippen LogP contribution < -0.4 is 29.6 Å². The van der Waals surface area contributed by atoms with Crippen LogP contribution >= 0.6 is 0 Å². The molecule has 0 aliphatic heterocycles. The van der Waals surface area contributed by atoms with Crippen molar-refractivity contribution in [1.82, 2.24) is 15.6 Å². The number of carbonyl (C=O) groups excluding carboxylic acids is 1. The van der Waals surface area contributed by atoms with Crippen LogP contribution in [0.1, 0.15) is 18.1 Å². The molecule has 8 heteroatoms. The summed E-state index contributed by atoms with van der Waals surface area (Å²) in [6, 6.07) is 6.90. The number of nitrogens with zero attached hydrogens (tertiary/aromatic N) is 1. The Labute approximate surface area is 158 Å².